The molecule has 0 bridgehead atoms. The monoisotopic (exact) mass is 345 g/mol. The summed E-state index contributed by atoms with van der Waals surface area (Å²) in [6.45, 7) is 2.48. The van der Waals surface area contributed by atoms with Gasteiger partial charge in [0.25, 0.3) is 0 Å². The van der Waals surface area contributed by atoms with E-state index in [1.165, 1.54) is 0 Å². The van der Waals surface area contributed by atoms with Crippen LogP contribution in [-0.4, -0.2) is 27.0 Å². The van der Waals surface area contributed by atoms with E-state index in [9.17, 15) is 8.42 Å². The Morgan fingerprint density at radius 3 is 2.50 bits per heavy atom. The molecule has 5 nitrogen and oxygen atoms in total. The second-order valence-corrected chi connectivity index (χ2v) is 8.47. The molecule has 3 atom stereocenters. The lowest BCUT2D eigenvalue weighted by molar-refractivity contribution is 0.174. The maximum absolute atomic E-state index is 13.0. The van der Waals surface area contributed by atoms with Crippen LogP contribution in [0.3, 0.4) is 0 Å². The Morgan fingerprint density at radius 1 is 1.08 bits per heavy atom. The van der Waals surface area contributed by atoms with Crippen molar-refractivity contribution in [3.05, 3.63) is 53.6 Å². The Bertz CT molecular complexity index is 876. The number of hydrogen-bond acceptors (Lipinski definition) is 5. The second-order valence-electron chi connectivity index (χ2n) is 6.36. The van der Waals surface area contributed by atoms with Crippen molar-refractivity contribution in [1.29, 1.82) is 0 Å². The normalized spacial score (nSPS) is 24.8. The molecule has 6 heteroatoms. The first-order chi connectivity index (χ1) is 11.5. The molecule has 0 amide bonds. The van der Waals surface area contributed by atoms with Crippen molar-refractivity contribution in [2.75, 3.05) is 13.3 Å². The summed E-state index contributed by atoms with van der Waals surface area (Å²) < 4.78 is 36.7. The average Bonchev–Trinajstić information content (AvgIpc) is 3.15. The SMILES string of the molecule is Cc1ccc(S(=O)(=O)C2C(CN)C2c2ccc3c(c2)OCO3)cc1. The van der Waals surface area contributed by atoms with Crippen molar-refractivity contribution in [1.82, 2.24) is 0 Å². The molecule has 1 heterocycles. The second kappa shape index (κ2) is 5.50. The van der Waals surface area contributed by atoms with E-state index in [2.05, 4.69) is 0 Å². The van der Waals surface area contributed by atoms with E-state index in [1.54, 1.807) is 12.1 Å². The maximum atomic E-state index is 13.0. The van der Waals surface area contributed by atoms with Gasteiger partial charge in [-0.3, -0.25) is 0 Å². The van der Waals surface area contributed by atoms with Crippen LogP contribution in [0.25, 0.3) is 0 Å². The number of aryl methyl sites for hydroxylation is 1. The predicted molar refractivity (Wildman–Crippen MR) is 90.0 cm³/mol. The number of nitrogens with two attached hydrogens (primary N) is 1. The van der Waals surface area contributed by atoms with Crippen LogP contribution in [0.5, 0.6) is 11.5 Å². The zero-order valence-corrected chi connectivity index (χ0v) is 14.1. The molecule has 2 aromatic carbocycles. The third-order valence-electron chi connectivity index (χ3n) is 4.86. The molecule has 0 aromatic heterocycles. The summed E-state index contributed by atoms with van der Waals surface area (Å²) in [5.41, 5.74) is 7.82. The molecule has 1 aliphatic carbocycles. The molecule has 2 aliphatic rings. The van der Waals surface area contributed by atoms with Crippen LogP contribution in [-0.2, 0) is 9.84 Å². The lowest BCUT2D eigenvalue weighted by Gasteiger charge is -2.05. The lowest BCUT2D eigenvalue weighted by atomic mass is 10.1. The number of benzene rings is 2. The van der Waals surface area contributed by atoms with E-state index in [0.717, 1.165) is 11.1 Å². The minimum absolute atomic E-state index is 0.0725. The minimum atomic E-state index is -3.41. The van der Waals surface area contributed by atoms with E-state index in [1.807, 2.05) is 37.3 Å². The fourth-order valence-corrected chi connectivity index (χ4v) is 5.71. The molecule has 126 valence electrons. The molecule has 0 spiro atoms. The Labute approximate surface area is 141 Å². The summed E-state index contributed by atoms with van der Waals surface area (Å²) in [6, 6.07) is 12.6. The van der Waals surface area contributed by atoms with Gasteiger partial charge in [-0.05, 0) is 49.2 Å². The van der Waals surface area contributed by atoms with E-state index in [-0.39, 0.29) is 18.6 Å². The van der Waals surface area contributed by atoms with Crippen molar-refractivity contribution in [2.24, 2.45) is 11.7 Å². The summed E-state index contributed by atoms with van der Waals surface area (Å²) in [5, 5.41) is -0.481. The molecule has 0 radical (unpaired) electrons. The Balaban J connectivity index is 1.67. The molecular formula is C18H19NO4S. The van der Waals surface area contributed by atoms with Crippen LogP contribution in [0.4, 0.5) is 0 Å². The van der Waals surface area contributed by atoms with Crippen LogP contribution in [0, 0.1) is 12.8 Å². The van der Waals surface area contributed by atoms with E-state index in [0.29, 0.717) is 22.9 Å². The molecule has 3 unspecified atom stereocenters. The van der Waals surface area contributed by atoms with Crippen molar-refractivity contribution in [3.8, 4) is 11.5 Å². The molecule has 2 aromatic rings. The van der Waals surface area contributed by atoms with E-state index in [4.69, 9.17) is 15.2 Å². The summed E-state index contributed by atoms with van der Waals surface area (Å²) in [5.74, 6) is 1.19. The third kappa shape index (κ3) is 2.37. The number of sulfone groups is 1. The molecule has 4 rings (SSSR count). The fourth-order valence-electron chi connectivity index (χ4n) is 3.49. The van der Waals surface area contributed by atoms with Gasteiger partial charge in [0.05, 0.1) is 10.1 Å². The predicted octanol–water partition coefficient (Wildman–Crippen LogP) is 2.24. The number of hydrogen-bond donors (Lipinski definition) is 1. The van der Waals surface area contributed by atoms with Gasteiger partial charge < -0.3 is 15.2 Å². The summed E-state index contributed by atoms with van der Waals surface area (Å²) in [6.07, 6.45) is 0. The topological polar surface area (TPSA) is 78.6 Å². The first kappa shape index (κ1) is 15.5. The quantitative estimate of drug-likeness (QED) is 0.919. The number of fused-ring (bicyclic) bond motifs is 1. The van der Waals surface area contributed by atoms with Gasteiger partial charge in [0.2, 0.25) is 6.79 Å². The van der Waals surface area contributed by atoms with Crippen molar-refractivity contribution >= 4 is 9.84 Å². The first-order valence-electron chi connectivity index (χ1n) is 7.92. The fraction of sp³-hybridized carbons (Fsp3) is 0.333. The minimum Gasteiger partial charge on any atom is -0.454 e. The van der Waals surface area contributed by atoms with Gasteiger partial charge in [0, 0.05) is 5.92 Å². The van der Waals surface area contributed by atoms with Crippen LogP contribution in [0.15, 0.2) is 47.4 Å². The molecule has 24 heavy (non-hydrogen) atoms. The van der Waals surface area contributed by atoms with Gasteiger partial charge in [-0.2, -0.15) is 0 Å². The molecule has 1 fully saturated rings. The van der Waals surface area contributed by atoms with Gasteiger partial charge in [0.15, 0.2) is 21.3 Å². The smallest absolute Gasteiger partial charge is 0.231 e. The Morgan fingerprint density at radius 2 is 1.79 bits per heavy atom. The third-order valence-corrected chi connectivity index (χ3v) is 7.15. The van der Waals surface area contributed by atoms with Gasteiger partial charge >= 0.3 is 0 Å². The standard InChI is InChI=1S/C18H19NO4S/c1-11-2-5-13(6-3-11)24(20,21)18-14(9-19)17(18)12-4-7-15-16(8-12)23-10-22-15/h2-8,14,17-18H,9-10,19H2,1H3. The highest BCUT2D eigenvalue weighted by Gasteiger charge is 2.58. The van der Waals surface area contributed by atoms with E-state index < -0.39 is 15.1 Å². The van der Waals surface area contributed by atoms with Crippen molar-refractivity contribution < 1.29 is 17.9 Å². The average molecular weight is 345 g/mol. The molecule has 2 N–H and O–H groups in total. The zero-order chi connectivity index (χ0) is 16.9. The maximum Gasteiger partial charge on any atom is 0.231 e. The van der Waals surface area contributed by atoms with Crippen LogP contribution in [0.1, 0.15) is 17.0 Å². The van der Waals surface area contributed by atoms with Gasteiger partial charge in [-0.1, -0.05) is 23.8 Å². The van der Waals surface area contributed by atoms with Gasteiger partial charge in [0.1, 0.15) is 0 Å². The first-order valence-corrected chi connectivity index (χ1v) is 9.47. The molecule has 1 saturated carbocycles. The van der Waals surface area contributed by atoms with Crippen LogP contribution < -0.4 is 15.2 Å². The largest absolute Gasteiger partial charge is 0.454 e. The summed E-state index contributed by atoms with van der Waals surface area (Å²) >= 11 is 0. The highest BCUT2D eigenvalue weighted by Crippen LogP contribution is 2.54. The van der Waals surface area contributed by atoms with Crippen molar-refractivity contribution in [3.63, 3.8) is 0 Å². The number of ether oxygens (including phenoxy) is 2. The molecule has 0 saturated heterocycles. The highest BCUT2D eigenvalue weighted by molar-refractivity contribution is 7.92. The van der Waals surface area contributed by atoms with Crippen LogP contribution >= 0.6 is 0 Å². The lowest BCUT2D eigenvalue weighted by Crippen LogP contribution is -2.13. The summed E-state index contributed by atoms with van der Waals surface area (Å²) in [4.78, 5) is 0.361. The summed E-state index contributed by atoms with van der Waals surface area (Å²) in [7, 11) is -3.41. The van der Waals surface area contributed by atoms with Gasteiger partial charge in [-0.15, -0.1) is 0 Å². The van der Waals surface area contributed by atoms with Crippen molar-refractivity contribution in [2.45, 2.75) is 23.0 Å². The zero-order valence-electron chi connectivity index (χ0n) is 13.3. The van der Waals surface area contributed by atoms with Crippen LogP contribution in [0.2, 0.25) is 0 Å². The Kier molecular flexibility index (Phi) is 3.54. The molecular weight excluding hydrogens is 326 g/mol. The Hall–Kier alpha value is -2.05. The highest BCUT2D eigenvalue weighted by atomic mass is 32.2. The van der Waals surface area contributed by atoms with Gasteiger partial charge in [-0.25, -0.2) is 8.42 Å². The van der Waals surface area contributed by atoms with E-state index >= 15 is 0 Å². The number of rotatable bonds is 4. The molecule has 1 aliphatic heterocycles.